The third-order valence-corrected chi connectivity index (χ3v) is 3.55. The molecule has 0 aromatic heterocycles. The summed E-state index contributed by atoms with van der Waals surface area (Å²) >= 11 is 0. The molecule has 1 saturated heterocycles. The van der Waals surface area contributed by atoms with Crippen LogP contribution in [0, 0.1) is 0 Å². The summed E-state index contributed by atoms with van der Waals surface area (Å²) < 4.78 is 16.9. The van der Waals surface area contributed by atoms with Crippen molar-refractivity contribution in [1.82, 2.24) is 0 Å². The molecule has 4 nitrogen and oxygen atoms in total. The highest BCUT2D eigenvalue weighted by molar-refractivity contribution is 5.97. The summed E-state index contributed by atoms with van der Waals surface area (Å²) in [4.78, 5) is 11.6. The van der Waals surface area contributed by atoms with Crippen LogP contribution in [0.5, 0.6) is 11.5 Å². The first-order chi connectivity index (χ1) is 9.41. The zero-order valence-electron chi connectivity index (χ0n) is 12.6. The number of methoxy groups -OCH3 is 1. The second-order valence-electron chi connectivity index (χ2n) is 5.77. The summed E-state index contributed by atoms with van der Waals surface area (Å²) in [5, 5.41) is 0. The lowest BCUT2D eigenvalue weighted by Gasteiger charge is -2.20. The quantitative estimate of drug-likeness (QED) is 0.776. The summed E-state index contributed by atoms with van der Waals surface area (Å²) in [5.74, 6) is 1.22. The van der Waals surface area contributed by atoms with Gasteiger partial charge >= 0.3 is 0 Å². The van der Waals surface area contributed by atoms with Crippen LogP contribution in [0.15, 0.2) is 18.2 Å². The Kier molecular flexibility index (Phi) is 4.33. The Balaban J connectivity index is 2.06. The van der Waals surface area contributed by atoms with Gasteiger partial charge in [-0.1, -0.05) is 0 Å². The van der Waals surface area contributed by atoms with Gasteiger partial charge in [0.05, 0.1) is 24.4 Å². The van der Waals surface area contributed by atoms with Gasteiger partial charge in [0.25, 0.3) is 0 Å². The molecule has 0 saturated carbocycles. The van der Waals surface area contributed by atoms with E-state index in [1.54, 1.807) is 25.3 Å². The molecular weight excluding hydrogens is 256 g/mol. The number of hydrogen-bond acceptors (Lipinski definition) is 4. The van der Waals surface area contributed by atoms with Gasteiger partial charge in [-0.2, -0.15) is 0 Å². The van der Waals surface area contributed by atoms with E-state index >= 15 is 0 Å². The highest BCUT2D eigenvalue weighted by atomic mass is 16.6. The summed E-state index contributed by atoms with van der Waals surface area (Å²) in [5.41, 5.74) is 0.495. The van der Waals surface area contributed by atoms with Gasteiger partial charge in [0.15, 0.2) is 5.78 Å². The Morgan fingerprint density at radius 2 is 2.20 bits per heavy atom. The van der Waals surface area contributed by atoms with E-state index in [2.05, 4.69) is 13.8 Å². The molecule has 1 fully saturated rings. The van der Waals surface area contributed by atoms with Crippen LogP contribution in [-0.4, -0.2) is 31.2 Å². The molecule has 0 spiro atoms. The molecule has 4 heteroatoms. The summed E-state index contributed by atoms with van der Waals surface area (Å²) in [6, 6.07) is 5.24. The number of rotatable bonds is 5. The monoisotopic (exact) mass is 278 g/mol. The van der Waals surface area contributed by atoms with Gasteiger partial charge < -0.3 is 14.2 Å². The summed E-state index contributed by atoms with van der Waals surface area (Å²) in [6.07, 6.45) is 2.08. The molecule has 0 radical (unpaired) electrons. The Morgan fingerprint density at radius 3 is 2.75 bits per heavy atom. The maximum Gasteiger partial charge on any atom is 0.163 e. The van der Waals surface area contributed by atoms with E-state index in [0.717, 1.165) is 12.8 Å². The molecule has 0 bridgehead atoms. The second-order valence-corrected chi connectivity index (χ2v) is 5.77. The molecule has 1 heterocycles. The maximum atomic E-state index is 11.6. The van der Waals surface area contributed by atoms with Crippen LogP contribution >= 0.6 is 0 Å². The van der Waals surface area contributed by atoms with Crippen molar-refractivity contribution in [2.24, 2.45) is 0 Å². The number of ether oxygens (including phenoxy) is 3. The van der Waals surface area contributed by atoms with Gasteiger partial charge in [0.2, 0.25) is 0 Å². The van der Waals surface area contributed by atoms with Crippen LogP contribution in [0.2, 0.25) is 0 Å². The van der Waals surface area contributed by atoms with Crippen molar-refractivity contribution in [2.45, 2.75) is 45.3 Å². The Bertz CT molecular complexity index is 493. The SMILES string of the molecule is COc1ccc(C(C)=O)c(OCC2CCC(C)(C)O2)c1. The van der Waals surface area contributed by atoms with Crippen molar-refractivity contribution in [2.75, 3.05) is 13.7 Å². The van der Waals surface area contributed by atoms with E-state index in [9.17, 15) is 4.79 Å². The topological polar surface area (TPSA) is 44.8 Å². The lowest BCUT2D eigenvalue weighted by atomic mass is 10.1. The first-order valence-electron chi connectivity index (χ1n) is 6.91. The van der Waals surface area contributed by atoms with Crippen LogP contribution < -0.4 is 9.47 Å². The van der Waals surface area contributed by atoms with Crippen molar-refractivity contribution >= 4 is 5.78 Å². The number of Topliss-reactive ketones (excluding diaryl/α,β-unsaturated/α-hetero) is 1. The Labute approximate surface area is 120 Å². The van der Waals surface area contributed by atoms with Crippen molar-refractivity contribution in [1.29, 1.82) is 0 Å². The lowest BCUT2D eigenvalue weighted by Crippen LogP contribution is -2.24. The van der Waals surface area contributed by atoms with Gasteiger partial charge in [-0.3, -0.25) is 4.79 Å². The molecule has 1 unspecified atom stereocenters. The van der Waals surface area contributed by atoms with E-state index in [1.807, 2.05) is 0 Å². The van der Waals surface area contributed by atoms with Crippen molar-refractivity contribution in [3.05, 3.63) is 23.8 Å². The van der Waals surface area contributed by atoms with Crippen molar-refractivity contribution in [3.63, 3.8) is 0 Å². The lowest BCUT2D eigenvalue weighted by molar-refractivity contribution is -0.0327. The van der Waals surface area contributed by atoms with E-state index in [-0.39, 0.29) is 17.5 Å². The highest BCUT2D eigenvalue weighted by Crippen LogP contribution is 2.31. The Hall–Kier alpha value is -1.55. The second kappa shape index (κ2) is 5.83. The molecule has 0 N–H and O–H groups in total. The van der Waals surface area contributed by atoms with Crippen LogP contribution in [0.3, 0.4) is 0 Å². The fraction of sp³-hybridized carbons (Fsp3) is 0.562. The third kappa shape index (κ3) is 3.51. The number of benzene rings is 1. The van der Waals surface area contributed by atoms with E-state index < -0.39 is 0 Å². The van der Waals surface area contributed by atoms with Gasteiger partial charge in [-0.25, -0.2) is 0 Å². The molecule has 1 aromatic rings. The fourth-order valence-corrected chi connectivity index (χ4v) is 2.42. The summed E-state index contributed by atoms with van der Waals surface area (Å²) in [6.45, 7) is 6.15. The molecule has 110 valence electrons. The van der Waals surface area contributed by atoms with Crippen molar-refractivity contribution in [3.8, 4) is 11.5 Å². The predicted molar refractivity (Wildman–Crippen MR) is 76.7 cm³/mol. The van der Waals surface area contributed by atoms with E-state index in [1.165, 1.54) is 6.92 Å². The summed E-state index contributed by atoms with van der Waals surface area (Å²) in [7, 11) is 1.59. The first kappa shape index (κ1) is 14.9. The number of carbonyl (C=O) groups is 1. The van der Waals surface area contributed by atoms with Gasteiger partial charge in [0.1, 0.15) is 18.1 Å². The van der Waals surface area contributed by atoms with Crippen LogP contribution in [0.1, 0.15) is 44.0 Å². The maximum absolute atomic E-state index is 11.6. The van der Waals surface area contributed by atoms with E-state index in [0.29, 0.717) is 23.7 Å². The van der Waals surface area contributed by atoms with Gasteiger partial charge in [-0.05, 0) is 45.7 Å². The molecule has 1 atom stereocenters. The minimum Gasteiger partial charge on any atom is -0.497 e. The van der Waals surface area contributed by atoms with Crippen molar-refractivity contribution < 1.29 is 19.0 Å². The van der Waals surface area contributed by atoms with Crippen LogP contribution in [0.25, 0.3) is 0 Å². The normalized spacial score (nSPS) is 20.7. The first-order valence-corrected chi connectivity index (χ1v) is 6.91. The molecule has 1 aliphatic rings. The smallest absolute Gasteiger partial charge is 0.163 e. The number of hydrogen-bond donors (Lipinski definition) is 0. The molecule has 20 heavy (non-hydrogen) atoms. The standard InChI is InChI=1S/C16H22O4/c1-11(17)14-6-5-12(18-4)9-15(14)19-10-13-7-8-16(2,3)20-13/h5-6,9,13H,7-8,10H2,1-4H3. The number of ketones is 1. The molecular formula is C16H22O4. The zero-order valence-corrected chi connectivity index (χ0v) is 12.6. The average molecular weight is 278 g/mol. The molecule has 1 aliphatic heterocycles. The highest BCUT2D eigenvalue weighted by Gasteiger charge is 2.32. The minimum absolute atomic E-state index is 0.0182. The van der Waals surface area contributed by atoms with Crippen LogP contribution in [0.4, 0.5) is 0 Å². The third-order valence-electron chi connectivity index (χ3n) is 3.55. The largest absolute Gasteiger partial charge is 0.497 e. The molecule has 2 rings (SSSR count). The molecule has 0 amide bonds. The minimum atomic E-state index is -0.0776. The predicted octanol–water partition coefficient (Wildman–Crippen LogP) is 3.23. The van der Waals surface area contributed by atoms with Crippen LogP contribution in [-0.2, 0) is 4.74 Å². The Morgan fingerprint density at radius 1 is 1.45 bits per heavy atom. The van der Waals surface area contributed by atoms with Gasteiger partial charge in [0, 0.05) is 6.07 Å². The average Bonchev–Trinajstić information content (AvgIpc) is 2.75. The van der Waals surface area contributed by atoms with E-state index in [4.69, 9.17) is 14.2 Å². The number of carbonyl (C=O) groups excluding carboxylic acids is 1. The molecule has 1 aromatic carbocycles. The molecule has 0 aliphatic carbocycles. The van der Waals surface area contributed by atoms with Gasteiger partial charge in [-0.15, -0.1) is 0 Å². The zero-order chi connectivity index (χ0) is 14.8. The fourth-order valence-electron chi connectivity index (χ4n) is 2.42.